The van der Waals surface area contributed by atoms with Crippen LogP contribution >= 0.6 is 0 Å². The molecule has 0 unspecified atom stereocenters. The maximum Gasteiger partial charge on any atom is 0.257 e. The van der Waals surface area contributed by atoms with Gasteiger partial charge in [0.2, 0.25) is 10.0 Å². The van der Waals surface area contributed by atoms with E-state index in [1.54, 1.807) is 30.4 Å². The highest BCUT2D eigenvalue weighted by atomic mass is 32.2. The predicted molar refractivity (Wildman–Crippen MR) is 86.9 cm³/mol. The van der Waals surface area contributed by atoms with Crippen molar-refractivity contribution in [3.8, 4) is 0 Å². The van der Waals surface area contributed by atoms with E-state index in [1.807, 2.05) is 4.57 Å². The van der Waals surface area contributed by atoms with Gasteiger partial charge < -0.3 is 13.9 Å². The van der Waals surface area contributed by atoms with Crippen molar-refractivity contribution in [3.63, 3.8) is 0 Å². The Hall–Kier alpha value is -2.13. The van der Waals surface area contributed by atoms with E-state index in [-0.39, 0.29) is 11.9 Å². The number of imidazole rings is 1. The number of sulfonamides is 1. The highest BCUT2D eigenvalue weighted by Gasteiger charge is 2.29. The fourth-order valence-electron chi connectivity index (χ4n) is 2.96. The molecule has 0 aliphatic carbocycles. The van der Waals surface area contributed by atoms with Gasteiger partial charge in [0.25, 0.3) is 5.91 Å². The second-order valence-corrected chi connectivity index (χ2v) is 7.81. The zero-order chi connectivity index (χ0) is 17.3. The number of carbonyl (C=O) groups is 1. The summed E-state index contributed by atoms with van der Waals surface area (Å²) in [6.07, 6.45) is 6.67. The van der Waals surface area contributed by atoms with Crippen LogP contribution in [0.3, 0.4) is 0 Å². The van der Waals surface area contributed by atoms with Gasteiger partial charge in [0.1, 0.15) is 5.76 Å². The summed E-state index contributed by atoms with van der Waals surface area (Å²) in [6, 6.07) is 1.64. The molecule has 0 aromatic carbocycles. The molecule has 0 spiro atoms. The summed E-state index contributed by atoms with van der Waals surface area (Å²) in [5.74, 6) is 0.504. The molecule has 1 amide bonds. The first-order valence-corrected chi connectivity index (χ1v) is 9.53. The topological polar surface area (TPSA) is 97.4 Å². The first-order valence-electron chi connectivity index (χ1n) is 7.64. The lowest BCUT2D eigenvalue weighted by Crippen LogP contribution is -2.41. The molecule has 8 nitrogen and oxygen atoms in total. The zero-order valence-corrected chi connectivity index (χ0v) is 14.4. The van der Waals surface area contributed by atoms with Gasteiger partial charge in [-0.2, -0.15) is 0 Å². The highest BCUT2D eigenvalue weighted by molar-refractivity contribution is 7.88. The molecule has 1 N–H and O–H groups in total. The molecule has 24 heavy (non-hydrogen) atoms. The molecule has 0 fully saturated rings. The Bertz CT molecular complexity index is 839. The van der Waals surface area contributed by atoms with Crippen LogP contribution in [0.1, 0.15) is 34.3 Å². The first kappa shape index (κ1) is 16.7. The van der Waals surface area contributed by atoms with Crippen LogP contribution in [0, 0.1) is 6.92 Å². The molecule has 2 aromatic heterocycles. The average molecular weight is 352 g/mol. The van der Waals surface area contributed by atoms with Crippen molar-refractivity contribution in [1.29, 1.82) is 0 Å². The standard InChI is InChI=1S/C15H20N4O4S/c1-11-14(4-6-23-11)15(20)18-8-12(3-5-17-24(2,21)22)19-10-16-7-13(19)9-18/h4,6-7,10,12,17H,3,5,8-9H2,1-2H3/t12-/m1/s1. The number of furan rings is 1. The van der Waals surface area contributed by atoms with E-state index >= 15 is 0 Å². The number of hydrogen-bond acceptors (Lipinski definition) is 5. The SMILES string of the molecule is Cc1occc1C(=O)N1Cc2cncn2[C@H](CCNS(C)(=O)=O)C1. The van der Waals surface area contributed by atoms with Gasteiger partial charge in [0.15, 0.2) is 0 Å². The van der Waals surface area contributed by atoms with Crippen molar-refractivity contribution in [2.45, 2.75) is 25.9 Å². The van der Waals surface area contributed by atoms with Crippen LogP contribution in [0.15, 0.2) is 29.3 Å². The minimum absolute atomic E-state index is 0.0262. The summed E-state index contributed by atoms with van der Waals surface area (Å²) in [5, 5.41) is 0. The van der Waals surface area contributed by atoms with Gasteiger partial charge in [-0.15, -0.1) is 0 Å². The Kier molecular flexibility index (Phi) is 4.46. The summed E-state index contributed by atoms with van der Waals surface area (Å²) < 4.78 is 32.2. The number of rotatable bonds is 5. The largest absolute Gasteiger partial charge is 0.469 e. The second kappa shape index (κ2) is 6.40. The van der Waals surface area contributed by atoms with E-state index in [1.165, 1.54) is 6.26 Å². The van der Waals surface area contributed by atoms with Crippen LogP contribution in [0.5, 0.6) is 0 Å². The lowest BCUT2D eigenvalue weighted by molar-refractivity contribution is 0.0672. The number of carbonyl (C=O) groups excluding carboxylic acids is 1. The van der Waals surface area contributed by atoms with Crippen molar-refractivity contribution in [1.82, 2.24) is 19.2 Å². The normalized spacial score (nSPS) is 17.8. The van der Waals surface area contributed by atoms with Gasteiger partial charge in [-0.05, 0) is 19.4 Å². The maximum absolute atomic E-state index is 12.7. The van der Waals surface area contributed by atoms with Crippen molar-refractivity contribution in [2.75, 3.05) is 19.3 Å². The number of amides is 1. The molecule has 2 aromatic rings. The minimum atomic E-state index is -3.23. The van der Waals surface area contributed by atoms with E-state index in [0.717, 1.165) is 11.9 Å². The molecule has 1 aliphatic heterocycles. The first-order chi connectivity index (χ1) is 11.3. The van der Waals surface area contributed by atoms with Crippen molar-refractivity contribution < 1.29 is 17.6 Å². The molecule has 3 rings (SSSR count). The van der Waals surface area contributed by atoms with Crippen LogP contribution in [0.4, 0.5) is 0 Å². The summed E-state index contributed by atoms with van der Waals surface area (Å²) in [6.45, 7) is 3.04. The molecule has 0 radical (unpaired) electrons. The molecule has 0 saturated heterocycles. The average Bonchev–Trinajstić information content (AvgIpc) is 3.13. The van der Waals surface area contributed by atoms with Crippen molar-refractivity contribution in [3.05, 3.63) is 41.9 Å². The number of nitrogens with zero attached hydrogens (tertiary/aromatic N) is 3. The Balaban J connectivity index is 1.76. The molecular formula is C15H20N4O4S. The number of aryl methyl sites for hydroxylation is 1. The summed E-state index contributed by atoms with van der Waals surface area (Å²) >= 11 is 0. The van der Waals surface area contributed by atoms with Crippen molar-refractivity contribution in [2.24, 2.45) is 0 Å². The van der Waals surface area contributed by atoms with Crippen LogP contribution in [-0.4, -0.2) is 48.1 Å². The quantitative estimate of drug-likeness (QED) is 0.863. The van der Waals surface area contributed by atoms with Crippen LogP contribution < -0.4 is 4.72 Å². The fraction of sp³-hybridized carbons (Fsp3) is 0.467. The van der Waals surface area contributed by atoms with E-state index in [9.17, 15) is 13.2 Å². The van der Waals surface area contributed by atoms with Crippen LogP contribution in [0.2, 0.25) is 0 Å². The minimum Gasteiger partial charge on any atom is -0.469 e. The predicted octanol–water partition coefficient (Wildman–Crippen LogP) is 0.921. The van der Waals surface area contributed by atoms with Crippen LogP contribution in [-0.2, 0) is 16.6 Å². The number of hydrogen-bond donors (Lipinski definition) is 1. The molecule has 0 bridgehead atoms. The lowest BCUT2D eigenvalue weighted by Gasteiger charge is -2.34. The summed E-state index contributed by atoms with van der Waals surface area (Å²) in [5.41, 5.74) is 1.48. The van der Waals surface area contributed by atoms with Gasteiger partial charge in [-0.1, -0.05) is 0 Å². The lowest BCUT2D eigenvalue weighted by atomic mass is 10.1. The highest BCUT2D eigenvalue weighted by Crippen LogP contribution is 2.25. The second-order valence-electron chi connectivity index (χ2n) is 5.98. The van der Waals surface area contributed by atoms with E-state index in [2.05, 4.69) is 9.71 Å². The third-order valence-electron chi connectivity index (χ3n) is 4.14. The van der Waals surface area contributed by atoms with E-state index in [0.29, 0.717) is 37.4 Å². The number of fused-ring (bicyclic) bond motifs is 1. The summed E-state index contributed by atoms with van der Waals surface area (Å²) in [7, 11) is -3.23. The van der Waals surface area contributed by atoms with E-state index < -0.39 is 10.0 Å². The maximum atomic E-state index is 12.7. The zero-order valence-electron chi connectivity index (χ0n) is 13.6. The Labute approximate surface area is 140 Å². The smallest absolute Gasteiger partial charge is 0.257 e. The molecule has 1 aliphatic rings. The molecule has 0 saturated carbocycles. The van der Waals surface area contributed by atoms with Gasteiger partial charge in [-0.25, -0.2) is 18.1 Å². The van der Waals surface area contributed by atoms with Crippen molar-refractivity contribution >= 4 is 15.9 Å². The Morgan fingerprint density at radius 2 is 2.29 bits per heavy atom. The van der Waals surface area contributed by atoms with E-state index in [4.69, 9.17) is 4.42 Å². The Morgan fingerprint density at radius 3 is 2.96 bits per heavy atom. The van der Waals surface area contributed by atoms with Gasteiger partial charge >= 0.3 is 0 Å². The number of aromatic nitrogens is 2. The van der Waals surface area contributed by atoms with Gasteiger partial charge in [-0.3, -0.25) is 4.79 Å². The molecule has 1 atom stereocenters. The Morgan fingerprint density at radius 1 is 1.50 bits per heavy atom. The number of nitrogens with one attached hydrogen (secondary N) is 1. The van der Waals surface area contributed by atoms with Crippen LogP contribution in [0.25, 0.3) is 0 Å². The molecule has 130 valence electrons. The molecule has 9 heteroatoms. The van der Waals surface area contributed by atoms with Gasteiger partial charge in [0, 0.05) is 19.3 Å². The molecule has 3 heterocycles. The third-order valence-corrected chi connectivity index (χ3v) is 4.87. The fourth-order valence-corrected chi connectivity index (χ4v) is 3.45. The summed E-state index contributed by atoms with van der Waals surface area (Å²) in [4.78, 5) is 18.6. The monoisotopic (exact) mass is 352 g/mol. The van der Waals surface area contributed by atoms with Gasteiger partial charge in [0.05, 0.1) is 42.7 Å². The third kappa shape index (κ3) is 3.51. The molecular weight excluding hydrogens is 332 g/mol.